The van der Waals surface area contributed by atoms with Gasteiger partial charge in [-0.3, -0.25) is 0 Å². The van der Waals surface area contributed by atoms with E-state index < -0.39 is 0 Å². The molecule has 0 aliphatic carbocycles. The number of H-pyrrole nitrogens is 2. The average molecular weight is 817 g/mol. The molecule has 290 valence electrons. The normalized spacial score (nSPS) is 12.1. The molecule has 0 saturated carbocycles. The van der Waals surface area contributed by atoms with Crippen LogP contribution in [0.4, 0.5) is 0 Å². The van der Waals surface area contributed by atoms with Crippen LogP contribution in [-0.2, 0) is 4.74 Å². The maximum Gasteiger partial charge on any atom is 0.338 e. The molecule has 0 saturated heterocycles. The van der Waals surface area contributed by atoms with Crippen molar-refractivity contribution in [1.29, 1.82) is 0 Å². The van der Waals surface area contributed by atoms with E-state index in [2.05, 4.69) is 116 Å². The van der Waals surface area contributed by atoms with Crippen LogP contribution in [0.2, 0.25) is 0 Å². The van der Waals surface area contributed by atoms with Gasteiger partial charge >= 0.3 is 5.97 Å². The second kappa shape index (κ2) is 17.5. The minimum atomic E-state index is -0.287. The molecule has 9 heteroatoms. The van der Waals surface area contributed by atoms with E-state index in [4.69, 9.17) is 14.7 Å². The molecule has 6 nitrogen and oxygen atoms in total. The molecule has 0 amide bonds. The lowest BCUT2D eigenvalue weighted by atomic mass is 10.0. The Morgan fingerprint density at radius 1 is 0.500 bits per heavy atom. The second-order valence-corrected chi connectivity index (χ2v) is 17.1. The highest BCUT2D eigenvalue weighted by Crippen LogP contribution is 2.39. The number of carbonyl (C=O) groups excluding carboxylic acids is 1. The number of rotatable bonds is 14. The van der Waals surface area contributed by atoms with E-state index in [9.17, 15) is 4.79 Å². The highest BCUT2D eigenvalue weighted by molar-refractivity contribution is 7.08. The van der Waals surface area contributed by atoms with Crippen molar-refractivity contribution in [3.63, 3.8) is 0 Å². The predicted octanol–water partition coefficient (Wildman–Crippen LogP) is 14.8. The van der Waals surface area contributed by atoms with E-state index in [0.29, 0.717) is 12.2 Å². The summed E-state index contributed by atoms with van der Waals surface area (Å²) in [5.74, 6) is -0.287. The Kier molecular flexibility index (Phi) is 11.4. The van der Waals surface area contributed by atoms with Crippen molar-refractivity contribution in [1.82, 2.24) is 19.9 Å². The standard InChI is InChI=1S/C49H44N4O2S3/c1-2-3-4-5-6-7-8-9-25-55-49(54)33-12-10-32(11-13-33)45-37-14-16-39(50-37)46(34-22-26-56-29-34)41-18-20-43(52-41)48(36-24-28-58-31-36)44-21-19-42(53-44)47(35-23-27-57-30-35)40-17-15-38(45)51-40/h10-24,26-31,50,53H,2-9,25H2,1H3. The van der Waals surface area contributed by atoms with Gasteiger partial charge in [0, 0.05) is 44.3 Å². The van der Waals surface area contributed by atoms with Gasteiger partial charge in [-0.05, 0) is 140 Å². The molecule has 9 rings (SSSR count). The highest BCUT2D eigenvalue weighted by atomic mass is 32.1. The fraction of sp³-hybridized carbons (Fsp3) is 0.204. The zero-order valence-electron chi connectivity index (χ0n) is 32.4. The van der Waals surface area contributed by atoms with E-state index in [-0.39, 0.29) is 5.97 Å². The summed E-state index contributed by atoms with van der Waals surface area (Å²) in [5.41, 5.74) is 16.2. The summed E-state index contributed by atoms with van der Waals surface area (Å²) in [7, 11) is 0. The lowest BCUT2D eigenvalue weighted by molar-refractivity contribution is 0.0497. The minimum absolute atomic E-state index is 0.287. The lowest BCUT2D eigenvalue weighted by Gasteiger charge is -2.08. The number of unbranched alkanes of at least 4 members (excludes halogenated alkanes) is 7. The van der Waals surface area contributed by atoms with Crippen molar-refractivity contribution in [3.05, 3.63) is 127 Å². The molecule has 0 radical (unpaired) electrons. The van der Waals surface area contributed by atoms with Gasteiger partial charge in [0.15, 0.2) is 0 Å². The van der Waals surface area contributed by atoms with Crippen LogP contribution >= 0.6 is 34.0 Å². The van der Waals surface area contributed by atoms with E-state index in [0.717, 1.165) is 102 Å². The molecule has 1 aromatic carbocycles. The van der Waals surface area contributed by atoms with E-state index in [1.807, 2.05) is 24.3 Å². The third-order valence-electron chi connectivity index (χ3n) is 10.8. The molecule has 7 aromatic rings. The van der Waals surface area contributed by atoms with E-state index in [1.54, 1.807) is 34.0 Å². The molecule has 2 N–H and O–H groups in total. The monoisotopic (exact) mass is 816 g/mol. The number of thiophene rings is 3. The van der Waals surface area contributed by atoms with Crippen LogP contribution in [0.1, 0.15) is 91.4 Å². The maximum absolute atomic E-state index is 13.1. The number of aromatic nitrogens is 4. The van der Waals surface area contributed by atoms with Crippen LogP contribution in [0.3, 0.4) is 0 Å². The first-order chi connectivity index (χ1) is 28.6. The van der Waals surface area contributed by atoms with Gasteiger partial charge in [-0.25, -0.2) is 14.8 Å². The molecule has 2 aliphatic rings. The van der Waals surface area contributed by atoms with Crippen LogP contribution in [0.15, 0.2) is 99.0 Å². The van der Waals surface area contributed by atoms with Crippen molar-refractivity contribution in [2.75, 3.05) is 6.61 Å². The summed E-state index contributed by atoms with van der Waals surface area (Å²) in [5, 5.41) is 12.9. The molecular weight excluding hydrogens is 773 g/mol. The Labute approximate surface area is 350 Å². The van der Waals surface area contributed by atoms with Gasteiger partial charge in [0.1, 0.15) is 0 Å². The van der Waals surface area contributed by atoms with Crippen molar-refractivity contribution in [2.45, 2.75) is 58.3 Å². The van der Waals surface area contributed by atoms with Gasteiger partial charge < -0.3 is 14.7 Å². The fourth-order valence-electron chi connectivity index (χ4n) is 7.90. The molecule has 0 fully saturated rings. The predicted molar refractivity (Wildman–Crippen MR) is 247 cm³/mol. The van der Waals surface area contributed by atoms with Crippen molar-refractivity contribution >= 4 is 86.4 Å². The van der Waals surface area contributed by atoms with Crippen LogP contribution in [0.25, 0.3) is 90.9 Å². The summed E-state index contributed by atoms with van der Waals surface area (Å²) >= 11 is 5.02. The molecule has 0 spiro atoms. The van der Waals surface area contributed by atoms with E-state index in [1.165, 1.54) is 38.5 Å². The molecule has 2 aliphatic heterocycles. The summed E-state index contributed by atoms with van der Waals surface area (Å²) in [4.78, 5) is 31.4. The van der Waals surface area contributed by atoms with Crippen molar-refractivity contribution < 1.29 is 9.53 Å². The summed E-state index contributed by atoms with van der Waals surface area (Å²) < 4.78 is 5.71. The molecular formula is C49H44N4O2S3. The van der Waals surface area contributed by atoms with Gasteiger partial charge in [-0.2, -0.15) is 34.0 Å². The largest absolute Gasteiger partial charge is 0.462 e. The topological polar surface area (TPSA) is 83.7 Å². The Bertz CT molecular complexity index is 2720. The quantitative estimate of drug-likeness (QED) is 0.0846. The van der Waals surface area contributed by atoms with Crippen LogP contribution in [0.5, 0.6) is 0 Å². The Hall–Kier alpha value is -5.61. The first kappa shape index (κ1) is 37.9. The number of hydrogen-bond acceptors (Lipinski definition) is 7. The van der Waals surface area contributed by atoms with Crippen molar-refractivity contribution in [3.8, 4) is 44.5 Å². The number of benzene rings is 1. The zero-order valence-corrected chi connectivity index (χ0v) is 34.9. The van der Waals surface area contributed by atoms with Gasteiger partial charge in [0.25, 0.3) is 0 Å². The lowest BCUT2D eigenvalue weighted by Crippen LogP contribution is -2.06. The smallest absolute Gasteiger partial charge is 0.338 e. The Morgan fingerprint density at radius 2 is 0.897 bits per heavy atom. The summed E-state index contributed by atoms with van der Waals surface area (Å²) in [6.07, 6.45) is 18.1. The zero-order chi connectivity index (χ0) is 39.3. The second-order valence-electron chi connectivity index (χ2n) is 14.7. The number of ether oxygens (including phenoxy) is 1. The summed E-state index contributed by atoms with van der Waals surface area (Å²) in [6.45, 7) is 2.69. The van der Waals surface area contributed by atoms with Crippen molar-refractivity contribution in [2.24, 2.45) is 0 Å². The van der Waals surface area contributed by atoms with E-state index >= 15 is 0 Å². The van der Waals surface area contributed by atoms with Gasteiger partial charge in [-0.1, -0.05) is 64.0 Å². The van der Waals surface area contributed by atoms with Gasteiger partial charge in [0.2, 0.25) is 0 Å². The van der Waals surface area contributed by atoms with Crippen LogP contribution in [0, 0.1) is 0 Å². The number of esters is 1. The Balaban J connectivity index is 1.17. The Morgan fingerprint density at radius 3 is 1.29 bits per heavy atom. The number of aromatic amines is 2. The first-order valence-corrected chi connectivity index (χ1v) is 23.0. The summed E-state index contributed by atoms with van der Waals surface area (Å²) in [6, 6.07) is 22.8. The number of carbonyl (C=O) groups is 1. The number of nitrogens with one attached hydrogen (secondary N) is 2. The molecule has 0 unspecified atom stereocenters. The van der Waals surface area contributed by atoms with Crippen LogP contribution in [-0.4, -0.2) is 32.5 Å². The SMILES string of the molecule is CCCCCCCCCCOC(=O)c1ccc(-c2c3nc(c(-c4ccsc4)c4ccc([nH]4)c(-c4ccsc4)c4nc(c(-c5ccsc5)c5ccc2[nH]5)C=C4)C=C3)cc1. The third kappa shape index (κ3) is 7.94. The molecule has 8 heterocycles. The fourth-order valence-corrected chi connectivity index (χ4v) is 9.84. The average Bonchev–Trinajstić information content (AvgIpc) is 4.09. The third-order valence-corrected chi connectivity index (χ3v) is 12.9. The maximum atomic E-state index is 13.1. The van der Waals surface area contributed by atoms with Gasteiger partial charge in [0.05, 0.1) is 34.9 Å². The number of fused-ring (bicyclic) bond motifs is 8. The highest BCUT2D eigenvalue weighted by Gasteiger charge is 2.19. The molecule has 58 heavy (non-hydrogen) atoms. The number of nitrogens with zero attached hydrogens (tertiary/aromatic N) is 2. The molecule has 6 aromatic heterocycles. The first-order valence-electron chi connectivity index (χ1n) is 20.2. The van der Waals surface area contributed by atoms with Crippen LogP contribution < -0.4 is 0 Å². The number of hydrogen-bond donors (Lipinski definition) is 2. The van der Waals surface area contributed by atoms with Gasteiger partial charge in [-0.15, -0.1) is 0 Å². The molecule has 0 atom stereocenters. The molecule has 8 bridgehead atoms. The minimum Gasteiger partial charge on any atom is -0.462 e.